The minimum Gasteiger partial charge on any atom is -0.356 e. The van der Waals surface area contributed by atoms with Gasteiger partial charge in [-0.05, 0) is 20.3 Å². The maximum absolute atomic E-state index is 11.4. The standard InChI is InChI=1S/C10H19BrN2O2/c1-4-6-12-8(14)5-7-13-9(15)10(2,3)11/h4-7H2,1-3H3,(H,12,14)(H,13,15). The lowest BCUT2D eigenvalue weighted by molar-refractivity contribution is -0.123. The molecule has 0 radical (unpaired) electrons. The van der Waals surface area contributed by atoms with Crippen molar-refractivity contribution in [2.45, 2.75) is 37.9 Å². The molecule has 0 aliphatic carbocycles. The zero-order valence-corrected chi connectivity index (χ0v) is 11.1. The third-order valence-electron chi connectivity index (χ3n) is 1.75. The zero-order chi connectivity index (χ0) is 11.9. The van der Waals surface area contributed by atoms with Gasteiger partial charge in [0.1, 0.15) is 0 Å². The summed E-state index contributed by atoms with van der Waals surface area (Å²) in [6, 6.07) is 0. The number of nitrogens with one attached hydrogen (secondary N) is 2. The number of halogens is 1. The molecule has 0 aliphatic heterocycles. The first-order valence-corrected chi connectivity index (χ1v) is 5.91. The Morgan fingerprint density at radius 2 is 1.80 bits per heavy atom. The molecule has 88 valence electrons. The van der Waals surface area contributed by atoms with Crippen LogP contribution in [0.2, 0.25) is 0 Å². The van der Waals surface area contributed by atoms with Crippen LogP contribution in [0.3, 0.4) is 0 Å². The van der Waals surface area contributed by atoms with Crippen LogP contribution in [0.15, 0.2) is 0 Å². The van der Waals surface area contributed by atoms with E-state index in [0.717, 1.165) is 6.42 Å². The number of carbonyl (C=O) groups is 2. The molecule has 0 aliphatic rings. The third kappa shape index (κ3) is 7.36. The van der Waals surface area contributed by atoms with Gasteiger partial charge < -0.3 is 10.6 Å². The highest BCUT2D eigenvalue weighted by atomic mass is 79.9. The van der Waals surface area contributed by atoms with Crippen molar-refractivity contribution in [2.75, 3.05) is 13.1 Å². The SMILES string of the molecule is CCCNC(=O)CCNC(=O)C(C)(C)Br. The molecule has 2 N–H and O–H groups in total. The van der Waals surface area contributed by atoms with E-state index in [1.54, 1.807) is 13.8 Å². The fourth-order valence-electron chi connectivity index (χ4n) is 0.853. The molecule has 4 nitrogen and oxygen atoms in total. The summed E-state index contributed by atoms with van der Waals surface area (Å²) >= 11 is 3.24. The molecule has 0 bridgehead atoms. The summed E-state index contributed by atoms with van der Waals surface area (Å²) in [4.78, 5) is 22.5. The maximum Gasteiger partial charge on any atom is 0.236 e. The van der Waals surface area contributed by atoms with E-state index in [-0.39, 0.29) is 11.8 Å². The van der Waals surface area contributed by atoms with Crippen molar-refractivity contribution >= 4 is 27.7 Å². The van der Waals surface area contributed by atoms with Gasteiger partial charge in [0.25, 0.3) is 0 Å². The molecule has 0 saturated carbocycles. The molecule has 5 heteroatoms. The Labute approximate surface area is 99.3 Å². The average Bonchev–Trinajstić information content (AvgIpc) is 2.13. The van der Waals surface area contributed by atoms with Gasteiger partial charge in [0.2, 0.25) is 11.8 Å². The van der Waals surface area contributed by atoms with Crippen molar-refractivity contribution in [3.63, 3.8) is 0 Å². The largest absolute Gasteiger partial charge is 0.356 e. The van der Waals surface area contributed by atoms with Crippen LogP contribution in [-0.4, -0.2) is 29.2 Å². The van der Waals surface area contributed by atoms with E-state index in [0.29, 0.717) is 19.5 Å². The Morgan fingerprint density at radius 1 is 1.20 bits per heavy atom. The van der Waals surface area contributed by atoms with Crippen LogP contribution >= 0.6 is 15.9 Å². The van der Waals surface area contributed by atoms with Crippen LogP contribution in [0, 0.1) is 0 Å². The van der Waals surface area contributed by atoms with Crippen molar-refractivity contribution in [2.24, 2.45) is 0 Å². The first-order valence-electron chi connectivity index (χ1n) is 5.11. The van der Waals surface area contributed by atoms with E-state index in [1.165, 1.54) is 0 Å². The first-order chi connectivity index (χ1) is 6.88. The van der Waals surface area contributed by atoms with Crippen molar-refractivity contribution in [3.05, 3.63) is 0 Å². The number of amides is 2. The molecule has 0 rings (SSSR count). The molecule has 0 unspecified atom stereocenters. The normalized spacial score (nSPS) is 10.9. The Bertz CT molecular complexity index is 224. The van der Waals surface area contributed by atoms with E-state index in [4.69, 9.17) is 0 Å². The van der Waals surface area contributed by atoms with E-state index in [9.17, 15) is 9.59 Å². The third-order valence-corrected chi connectivity index (χ3v) is 2.11. The van der Waals surface area contributed by atoms with E-state index in [1.807, 2.05) is 6.92 Å². The summed E-state index contributed by atoms with van der Waals surface area (Å²) in [6.07, 6.45) is 1.25. The maximum atomic E-state index is 11.4. The highest BCUT2D eigenvalue weighted by Crippen LogP contribution is 2.14. The Hall–Kier alpha value is -0.580. The number of alkyl halides is 1. The number of carbonyl (C=O) groups excluding carboxylic acids is 2. The van der Waals surface area contributed by atoms with Crippen molar-refractivity contribution in [1.82, 2.24) is 10.6 Å². The van der Waals surface area contributed by atoms with Crippen molar-refractivity contribution in [3.8, 4) is 0 Å². The van der Waals surface area contributed by atoms with Gasteiger partial charge in [0.15, 0.2) is 0 Å². The molecule has 0 aromatic rings. The second-order valence-corrected chi connectivity index (χ2v) is 5.81. The molecule has 0 atom stereocenters. The lowest BCUT2D eigenvalue weighted by atomic mass is 10.2. The quantitative estimate of drug-likeness (QED) is 0.718. The Balaban J connectivity index is 3.62. The minimum absolute atomic E-state index is 0.0236. The fourth-order valence-corrected chi connectivity index (χ4v) is 0.993. The smallest absolute Gasteiger partial charge is 0.236 e. The summed E-state index contributed by atoms with van der Waals surface area (Å²) in [7, 11) is 0. The van der Waals surface area contributed by atoms with Gasteiger partial charge in [-0.1, -0.05) is 22.9 Å². The number of rotatable bonds is 6. The summed E-state index contributed by atoms with van der Waals surface area (Å²) in [5.74, 6) is -0.129. The van der Waals surface area contributed by atoms with Crippen LogP contribution < -0.4 is 10.6 Å². The second-order valence-electron chi connectivity index (χ2n) is 3.83. The van der Waals surface area contributed by atoms with Crippen LogP contribution in [0.4, 0.5) is 0 Å². The van der Waals surface area contributed by atoms with Gasteiger partial charge in [-0.2, -0.15) is 0 Å². The van der Waals surface area contributed by atoms with Crippen LogP contribution in [0.1, 0.15) is 33.6 Å². The molecular formula is C10H19BrN2O2. The zero-order valence-electron chi connectivity index (χ0n) is 9.52. The molecule has 0 saturated heterocycles. The van der Waals surface area contributed by atoms with Gasteiger partial charge in [0, 0.05) is 19.5 Å². The van der Waals surface area contributed by atoms with Gasteiger partial charge in [-0.3, -0.25) is 9.59 Å². The summed E-state index contributed by atoms with van der Waals surface area (Å²) in [6.45, 7) is 6.59. The van der Waals surface area contributed by atoms with Gasteiger partial charge >= 0.3 is 0 Å². The predicted molar refractivity (Wildman–Crippen MR) is 63.9 cm³/mol. The molecule has 0 aromatic carbocycles. The fraction of sp³-hybridized carbons (Fsp3) is 0.800. The van der Waals surface area contributed by atoms with Gasteiger partial charge in [0.05, 0.1) is 4.32 Å². The molecule has 15 heavy (non-hydrogen) atoms. The minimum atomic E-state index is -0.576. The highest BCUT2D eigenvalue weighted by Gasteiger charge is 2.22. The van der Waals surface area contributed by atoms with E-state index >= 15 is 0 Å². The summed E-state index contributed by atoms with van der Waals surface area (Å²) in [5, 5.41) is 5.43. The molecule has 0 heterocycles. The summed E-state index contributed by atoms with van der Waals surface area (Å²) < 4.78 is -0.576. The first kappa shape index (κ1) is 14.4. The van der Waals surface area contributed by atoms with Crippen LogP contribution in [-0.2, 0) is 9.59 Å². The molecular weight excluding hydrogens is 260 g/mol. The van der Waals surface area contributed by atoms with E-state index in [2.05, 4.69) is 26.6 Å². The lowest BCUT2D eigenvalue weighted by Crippen LogP contribution is -2.39. The summed E-state index contributed by atoms with van der Waals surface area (Å²) in [5.41, 5.74) is 0. The van der Waals surface area contributed by atoms with Crippen molar-refractivity contribution < 1.29 is 9.59 Å². The predicted octanol–water partition coefficient (Wildman–Crippen LogP) is 1.19. The van der Waals surface area contributed by atoms with E-state index < -0.39 is 4.32 Å². The molecule has 2 amide bonds. The molecule has 0 aromatic heterocycles. The lowest BCUT2D eigenvalue weighted by Gasteiger charge is -2.15. The van der Waals surface area contributed by atoms with Crippen molar-refractivity contribution in [1.29, 1.82) is 0 Å². The number of hydrogen-bond acceptors (Lipinski definition) is 2. The van der Waals surface area contributed by atoms with Gasteiger partial charge in [-0.15, -0.1) is 0 Å². The molecule has 0 spiro atoms. The molecule has 0 fully saturated rings. The Kier molecular flexibility index (Phi) is 6.56. The topological polar surface area (TPSA) is 58.2 Å². The van der Waals surface area contributed by atoms with Gasteiger partial charge in [-0.25, -0.2) is 0 Å². The van der Waals surface area contributed by atoms with Crippen LogP contribution in [0.5, 0.6) is 0 Å². The highest BCUT2D eigenvalue weighted by molar-refractivity contribution is 9.10. The monoisotopic (exact) mass is 278 g/mol. The Morgan fingerprint density at radius 3 is 2.27 bits per heavy atom. The van der Waals surface area contributed by atoms with Crippen LogP contribution in [0.25, 0.3) is 0 Å². The number of hydrogen-bond donors (Lipinski definition) is 2. The average molecular weight is 279 g/mol. The second kappa shape index (κ2) is 6.82.